The summed E-state index contributed by atoms with van der Waals surface area (Å²) in [5.41, 5.74) is 2.33. The number of carbonyl (C=O) groups excluding carboxylic acids is 1. The SMILES string of the molecule is C=CC(=O)Cc1cccc(Oc2ccc(F)cc2F)c1-c1cc(CC)c(=O)n(C)c1. The molecule has 1 heterocycles. The molecule has 0 spiro atoms. The Bertz CT molecular complexity index is 1180. The number of nitrogens with zero attached hydrogens (tertiary/aromatic N) is 1. The average Bonchev–Trinajstić information content (AvgIpc) is 2.72. The number of rotatable bonds is 7. The van der Waals surface area contributed by atoms with Gasteiger partial charge in [0.15, 0.2) is 17.3 Å². The standard InChI is InChI=1S/C24H21F2NO3/c1-4-15-11-17(14-27(3)24(15)29)23-16(12-19(28)5-2)7-6-8-22(23)30-21-10-9-18(25)13-20(21)26/h5-11,13-14H,2,4,12H2,1,3H3. The second-order valence-corrected chi connectivity index (χ2v) is 6.84. The number of pyridine rings is 1. The van der Waals surface area contributed by atoms with Gasteiger partial charge in [-0.25, -0.2) is 8.78 Å². The van der Waals surface area contributed by atoms with Crippen molar-refractivity contribution in [3.63, 3.8) is 0 Å². The summed E-state index contributed by atoms with van der Waals surface area (Å²) >= 11 is 0. The molecule has 4 nitrogen and oxygen atoms in total. The molecule has 1 aromatic heterocycles. The monoisotopic (exact) mass is 409 g/mol. The largest absolute Gasteiger partial charge is 0.454 e. The molecule has 0 amide bonds. The highest BCUT2D eigenvalue weighted by atomic mass is 19.1. The average molecular weight is 409 g/mol. The van der Waals surface area contributed by atoms with Crippen molar-refractivity contribution >= 4 is 5.78 Å². The number of ether oxygens (including phenoxy) is 1. The van der Waals surface area contributed by atoms with Crippen molar-refractivity contribution in [2.45, 2.75) is 19.8 Å². The van der Waals surface area contributed by atoms with Gasteiger partial charge in [-0.05, 0) is 42.3 Å². The Morgan fingerprint density at radius 1 is 1.13 bits per heavy atom. The molecule has 3 rings (SSSR count). The lowest BCUT2D eigenvalue weighted by Crippen LogP contribution is -2.20. The van der Waals surface area contributed by atoms with Gasteiger partial charge >= 0.3 is 0 Å². The molecule has 0 fully saturated rings. The molecule has 0 unspecified atom stereocenters. The minimum absolute atomic E-state index is 0.0617. The highest BCUT2D eigenvalue weighted by Crippen LogP contribution is 2.37. The Hall–Kier alpha value is -3.54. The summed E-state index contributed by atoms with van der Waals surface area (Å²) < 4.78 is 34.7. The van der Waals surface area contributed by atoms with E-state index in [1.54, 1.807) is 37.5 Å². The van der Waals surface area contributed by atoms with E-state index < -0.39 is 11.6 Å². The quantitative estimate of drug-likeness (QED) is 0.517. The van der Waals surface area contributed by atoms with Crippen molar-refractivity contribution in [2.75, 3.05) is 0 Å². The molecule has 0 bridgehead atoms. The summed E-state index contributed by atoms with van der Waals surface area (Å²) in [6, 6.07) is 9.88. The van der Waals surface area contributed by atoms with E-state index in [-0.39, 0.29) is 29.3 Å². The lowest BCUT2D eigenvalue weighted by Gasteiger charge is -2.17. The number of halogens is 2. The van der Waals surface area contributed by atoms with Crippen molar-refractivity contribution in [1.29, 1.82) is 0 Å². The highest BCUT2D eigenvalue weighted by molar-refractivity contribution is 5.93. The van der Waals surface area contributed by atoms with Crippen LogP contribution in [0.25, 0.3) is 11.1 Å². The maximum Gasteiger partial charge on any atom is 0.253 e. The van der Waals surface area contributed by atoms with Crippen LogP contribution < -0.4 is 10.3 Å². The predicted octanol–water partition coefficient (Wildman–Crippen LogP) is 4.98. The molecule has 0 saturated heterocycles. The molecule has 6 heteroatoms. The van der Waals surface area contributed by atoms with Crippen molar-refractivity contribution in [3.05, 3.63) is 94.4 Å². The minimum atomic E-state index is -0.844. The first kappa shape index (κ1) is 21.2. The molecular formula is C24H21F2NO3. The van der Waals surface area contributed by atoms with E-state index in [0.717, 1.165) is 12.1 Å². The Morgan fingerprint density at radius 3 is 2.57 bits per heavy atom. The molecule has 0 radical (unpaired) electrons. The Morgan fingerprint density at radius 2 is 1.90 bits per heavy atom. The first-order chi connectivity index (χ1) is 14.3. The number of carbonyl (C=O) groups is 1. The van der Waals surface area contributed by atoms with Crippen LogP contribution in [0.5, 0.6) is 11.5 Å². The minimum Gasteiger partial charge on any atom is -0.454 e. The molecular weight excluding hydrogens is 388 g/mol. The van der Waals surface area contributed by atoms with Crippen LogP contribution in [0.1, 0.15) is 18.1 Å². The van der Waals surface area contributed by atoms with Crippen molar-refractivity contribution in [2.24, 2.45) is 7.05 Å². The van der Waals surface area contributed by atoms with Gasteiger partial charge in [0.25, 0.3) is 5.56 Å². The van der Waals surface area contributed by atoms with Gasteiger partial charge in [0, 0.05) is 42.4 Å². The number of hydrogen-bond acceptors (Lipinski definition) is 3. The number of allylic oxidation sites excluding steroid dienone is 1. The van der Waals surface area contributed by atoms with Gasteiger partial charge in [-0.1, -0.05) is 25.6 Å². The van der Waals surface area contributed by atoms with E-state index in [1.165, 1.54) is 16.7 Å². The molecule has 0 aliphatic heterocycles. The van der Waals surface area contributed by atoms with Crippen LogP contribution in [0.2, 0.25) is 0 Å². The second-order valence-electron chi connectivity index (χ2n) is 6.84. The Kier molecular flexibility index (Phi) is 6.26. The topological polar surface area (TPSA) is 48.3 Å². The van der Waals surface area contributed by atoms with E-state index >= 15 is 0 Å². The van der Waals surface area contributed by atoms with Crippen LogP contribution in [0.4, 0.5) is 8.78 Å². The fraction of sp³-hybridized carbons (Fsp3) is 0.167. The van der Waals surface area contributed by atoms with Gasteiger partial charge in [0.05, 0.1) is 0 Å². The van der Waals surface area contributed by atoms with Gasteiger partial charge in [0.1, 0.15) is 11.6 Å². The van der Waals surface area contributed by atoms with Crippen LogP contribution in [-0.4, -0.2) is 10.4 Å². The molecule has 154 valence electrons. The number of benzene rings is 2. The maximum atomic E-state index is 14.2. The fourth-order valence-corrected chi connectivity index (χ4v) is 3.24. The van der Waals surface area contributed by atoms with Crippen LogP contribution >= 0.6 is 0 Å². The maximum absolute atomic E-state index is 14.2. The zero-order valence-electron chi connectivity index (χ0n) is 16.7. The third-order valence-electron chi connectivity index (χ3n) is 4.75. The first-order valence-corrected chi connectivity index (χ1v) is 9.44. The van der Waals surface area contributed by atoms with E-state index in [1.807, 2.05) is 6.92 Å². The Balaban J connectivity index is 2.22. The van der Waals surface area contributed by atoms with Crippen molar-refractivity contribution < 1.29 is 18.3 Å². The first-order valence-electron chi connectivity index (χ1n) is 9.44. The van der Waals surface area contributed by atoms with Gasteiger partial charge in [-0.15, -0.1) is 0 Å². The van der Waals surface area contributed by atoms with Crippen LogP contribution in [0.3, 0.4) is 0 Å². The van der Waals surface area contributed by atoms with Crippen LogP contribution in [0, 0.1) is 11.6 Å². The summed E-state index contributed by atoms with van der Waals surface area (Å²) in [5, 5.41) is 0. The van der Waals surface area contributed by atoms with E-state index in [9.17, 15) is 18.4 Å². The van der Waals surface area contributed by atoms with Crippen molar-refractivity contribution in [3.8, 4) is 22.6 Å². The molecule has 0 N–H and O–H groups in total. The summed E-state index contributed by atoms with van der Waals surface area (Å²) in [6.07, 6.45) is 3.46. The van der Waals surface area contributed by atoms with E-state index in [2.05, 4.69) is 6.58 Å². The van der Waals surface area contributed by atoms with Crippen LogP contribution in [0.15, 0.2) is 66.1 Å². The Labute approximate surface area is 173 Å². The van der Waals surface area contributed by atoms with Gasteiger partial charge in [-0.3, -0.25) is 9.59 Å². The normalized spacial score (nSPS) is 10.7. The highest BCUT2D eigenvalue weighted by Gasteiger charge is 2.18. The second kappa shape index (κ2) is 8.86. The van der Waals surface area contributed by atoms with Gasteiger partial charge in [-0.2, -0.15) is 0 Å². The molecule has 0 saturated carbocycles. The summed E-state index contributed by atoms with van der Waals surface area (Å²) in [5.74, 6) is -1.61. The summed E-state index contributed by atoms with van der Waals surface area (Å²) in [7, 11) is 1.64. The summed E-state index contributed by atoms with van der Waals surface area (Å²) in [4.78, 5) is 24.4. The number of aryl methyl sites for hydroxylation is 2. The van der Waals surface area contributed by atoms with Gasteiger partial charge in [0.2, 0.25) is 0 Å². The van der Waals surface area contributed by atoms with Crippen LogP contribution in [-0.2, 0) is 24.7 Å². The third kappa shape index (κ3) is 4.38. The predicted molar refractivity (Wildman–Crippen MR) is 112 cm³/mol. The number of aromatic nitrogens is 1. The number of ketones is 1. The van der Waals surface area contributed by atoms with E-state index in [4.69, 9.17) is 4.74 Å². The number of hydrogen-bond donors (Lipinski definition) is 0. The zero-order chi connectivity index (χ0) is 21.8. The third-order valence-corrected chi connectivity index (χ3v) is 4.75. The lowest BCUT2D eigenvalue weighted by molar-refractivity contribution is -0.114. The molecule has 0 aliphatic carbocycles. The lowest BCUT2D eigenvalue weighted by atomic mass is 9.95. The van der Waals surface area contributed by atoms with Gasteiger partial charge < -0.3 is 9.30 Å². The molecule has 2 aromatic carbocycles. The molecule has 3 aromatic rings. The zero-order valence-corrected chi connectivity index (χ0v) is 16.7. The fourth-order valence-electron chi connectivity index (χ4n) is 3.24. The molecule has 0 aliphatic rings. The summed E-state index contributed by atoms with van der Waals surface area (Å²) in [6.45, 7) is 5.38. The smallest absolute Gasteiger partial charge is 0.253 e. The van der Waals surface area contributed by atoms with Crippen molar-refractivity contribution in [1.82, 2.24) is 4.57 Å². The molecule has 0 atom stereocenters. The van der Waals surface area contributed by atoms with E-state index in [0.29, 0.717) is 28.7 Å². The molecule has 30 heavy (non-hydrogen) atoms.